The second kappa shape index (κ2) is 9.46. The Morgan fingerprint density at radius 1 is 1.03 bits per heavy atom. The molecule has 8 nitrogen and oxygen atoms in total. The number of halogens is 1. The summed E-state index contributed by atoms with van der Waals surface area (Å²) in [6, 6.07) is 12.8. The fourth-order valence-corrected chi connectivity index (χ4v) is 4.60. The molecule has 160 valence electrons. The molecular formula is C20H22ClN3O5S. The number of ether oxygens (including phenoxy) is 1. The first kappa shape index (κ1) is 22.1. The lowest BCUT2D eigenvalue weighted by atomic mass is 10.3. The number of anilines is 1. The number of benzene rings is 2. The molecule has 2 aromatic rings. The number of nitrogens with one attached hydrogen (secondary N) is 1. The maximum Gasteiger partial charge on any atom is 0.260 e. The van der Waals surface area contributed by atoms with Crippen LogP contribution in [0.3, 0.4) is 0 Å². The van der Waals surface area contributed by atoms with E-state index in [4.69, 9.17) is 16.3 Å². The third-order valence-electron chi connectivity index (χ3n) is 4.59. The minimum atomic E-state index is -3.64. The lowest BCUT2D eigenvalue weighted by Crippen LogP contribution is -2.51. The van der Waals surface area contributed by atoms with Crippen molar-refractivity contribution in [3.63, 3.8) is 0 Å². The molecular weight excluding hydrogens is 430 g/mol. The van der Waals surface area contributed by atoms with Gasteiger partial charge in [0.05, 0.1) is 10.6 Å². The van der Waals surface area contributed by atoms with Gasteiger partial charge in [-0.25, -0.2) is 8.42 Å². The number of piperazine rings is 1. The van der Waals surface area contributed by atoms with E-state index in [0.717, 1.165) is 0 Å². The topological polar surface area (TPSA) is 96.0 Å². The number of para-hydroxylation sites is 2. The summed E-state index contributed by atoms with van der Waals surface area (Å²) in [7, 11) is -3.64. The number of rotatable bonds is 6. The zero-order chi connectivity index (χ0) is 21.7. The molecule has 2 aromatic carbocycles. The summed E-state index contributed by atoms with van der Waals surface area (Å²) >= 11 is 5.82. The van der Waals surface area contributed by atoms with Gasteiger partial charge in [-0.3, -0.25) is 9.59 Å². The standard InChI is InChI=1S/C20H22ClN3O5S/c1-15(25)22-18-4-2-3-5-19(18)29-14-20(26)23-10-12-24(13-11-23)30(27,28)17-8-6-16(21)7-9-17/h2-9H,10-14H2,1H3,(H,22,25). The second-order valence-corrected chi connectivity index (χ2v) is 9.08. The van der Waals surface area contributed by atoms with Crippen LogP contribution in [0.25, 0.3) is 0 Å². The predicted octanol–water partition coefficient (Wildman–Crippen LogP) is 2.21. The zero-order valence-corrected chi connectivity index (χ0v) is 17.9. The van der Waals surface area contributed by atoms with Crippen molar-refractivity contribution in [3.05, 3.63) is 53.6 Å². The van der Waals surface area contributed by atoms with Crippen molar-refractivity contribution >= 4 is 39.1 Å². The van der Waals surface area contributed by atoms with Gasteiger partial charge in [-0.15, -0.1) is 0 Å². The molecule has 3 rings (SSSR count). The maximum absolute atomic E-state index is 12.7. The summed E-state index contributed by atoms with van der Waals surface area (Å²) in [5.41, 5.74) is 0.483. The van der Waals surface area contributed by atoms with E-state index in [2.05, 4.69) is 5.32 Å². The Hall–Kier alpha value is -2.62. The van der Waals surface area contributed by atoms with E-state index in [1.165, 1.54) is 35.5 Å². The Balaban J connectivity index is 1.56. The quantitative estimate of drug-likeness (QED) is 0.726. The van der Waals surface area contributed by atoms with E-state index in [1.807, 2.05) is 0 Å². The van der Waals surface area contributed by atoms with Crippen LogP contribution in [0.15, 0.2) is 53.4 Å². The van der Waals surface area contributed by atoms with E-state index >= 15 is 0 Å². The maximum atomic E-state index is 12.7. The van der Waals surface area contributed by atoms with Gasteiger partial charge in [0, 0.05) is 38.1 Å². The molecule has 1 aliphatic rings. The normalized spacial score (nSPS) is 14.9. The molecule has 1 N–H and O–H groups in total. The number of sulfonamides is 1. The molecule has 0 saturated carbocycles. The Labute approximate surface area is 180 Å². The van der Waals surface area contributed by atoms with E-state index in [0.29, 0.717) is 16.5 Å². The first-order chi connectivity index (χ1) is 14.3. The Morgan fingerprint density at radius 3 is 2.30 bits per heavy atom. The van der Waals surface area contributed by atoms with Gasteiger partial charge < -0.3 is 15.0 Å². The number of carbonyl (C=O) groups is 2. The highest BCUT2D eigenvalue weighted by molar-refractivity contribution is 7.89. The van der Waals surface area contributed by atoms with Gasteiger partial charge >= 0.3 is 0 Å². The summed E-state index contributed by atoms with van der Waals surface area (Å²) < 4.78 is 32.4. The van der Waals surface area contributed by atoms with Crippen LogP contribution in [0.5, 0.6) is 5.75 Å². The number of hydrogen-bond donors (Lipinski definition) is 1. The highest BCUT2D eigenvalue weighted by atomic mass is 35.5. The Kier molecular flexibility index (Phi) is 6.96. The lowest BCUT2D eigenvalue weighted by molar-refractivity contribution is -0.134. The van der Waals surface area contributed by atoms with Gasteiger partial charge in [0.2, 0.25) is 15.9 Å². The molecule has 1 heterocycles. The van der Waals surface area contributed by atoms with Crippen LogP contribution in [0, 0.1) is 0 Å². The van der Waals surface area contributed by atoms with Crippen LogP contribution >= 0.6 is 11.6 Å². The molecule has 1 aliphatic heterocycles. The van der Waals surface area contributed by atoms with E-state index in [-0.39, 0.29) is 49.5 Å². The number of nitrogens with zero attached hydrogens (tertiary/aromatic N) is 2. The van der Waals surface area contributed by atoms with E-state index in [9.17, 15) is 18.0 Å². The Morgan fingerprint density at radius 2 is 1.67 bits per heavy atom. The average Bonchev–Trinajstić information content (AvgIpc) is 2.73. The second-order valence-electron chi connectivity index (χ2n) is 6.70. The fourth-order valence-electron chi connectivity index (χ4n) is 3.05. The molecule has 0 radical (unpaired) electrons. The first-order valence-electron chi connectivity index (χ1n) is 9.30. The Bertz CT molecular complexity index is 1020. The lowest BCUT2D eigenvalue weighted by Gasteiger charge is -2.34. The number of amides is 2. The van der Waals surface area contributed by atoms with Gasteiger partial charge in [-0.1, -0.05) is 23.7 Å². The molecule has 0 bridgehead atoms. The molecule has 10 heteroatoms. The molecule has 0 unspecified atom stereocenters. The fraction of sp³-hybridized carbons (Fsp3) is 0.300. The summed E-state index contributed by atoms with van der Waals surface area (Å²) in [4.78, 5) is 25.5. The van der Waals surface area contributed by atoms with Crippen molar-refractivity contribution in [3.8, 4) is 5.75 Å². The monoisotopic (exact) mass is 451 g/mol. The third kappa shape index (κ3) is 5.29. The summed E-state index contributed by atoms with van der Waals surface area (Å²) in [6.45, 7) is 2.10. The zero-order valence-electron chi connectivity index (χ0n) is 16.4. The van der Waals surface area contributed by atoms with Crippen molar-refractivity contribution in [2.45, 2.75) is 11.8 Å². The van der Waals surface area contributed by atoms with Crippen LogP contribution in [0.1, 0.15) is 6.92 Å². The van der Waals surface area contributed by atoms with Gasteiger partial charge in [0.1, 0.15) is 5.75 Å². The molecule has 0 spiro atoms. The van der Waals surface area contributed by atoms with E-state index < -0.39 is 10.0 Å². The van der Waals surface area contributed by atoms with Crippen LogP contribution in [-0.2, 0) is 19.6 Å². The van der Waals surface area contributed by atoms with Gasteiger partial charge in [-0.2, -0.15) is 4.31 Å². The first-order valence-corrected chi connectivity index (χ1v) is 11.1. The smallest absolute Gasteiger partial charge is 0.260 e. The van der Waals surface area contributed by atoms with Crippen LogP contribution in [-0.4, -0.2) is 62.2 Å². The summed E-state index contributed by atoms with van der Waals surface area (Å²) in [6.07, 6.45) is 0. The molecule has 0 atom stereocenters. The highest BCUT2D eigenvalue weighted by Crippen LogP contribution is 2.24. The molecule has 2 amide bonds. The molecule has 0 aromatic heterocycles. The van der Waals surface area contributed by atoms with Crippen molar-refractivity contribution in [1.82, 2.24) is 9.21 Å². The highest BCUT2D eigenvalue weighted by Gasteiger charge is 2.30. The van der Waals surface area contributed by atoms with Gasteiger partial charge in [0.25, 0.3) is 5.91 Å². The van der Waals surface area contributed by atoms with E-state index in [1.54, 1.807) is 29.2 Å². The average molecular weight is 452 g/mol. The van der Waals surface area contributed by atoms with Crippen molar-refractivity contribution < 1.29 is 22.7 Å². The van der Waals surface area contributed by atoms with Crippen LogP contribution in [0.2, 0.25) is 5.02 Å². The molecule has 1 fully saturated rings. The number of carbonyl (C=O) groups excluding carboxylic acids is 2. The van der Waals surface area contributed by atoms with Crippen LogP contribution in [0.4, 0.5) is 5.69 Å². The predicted molar refractivity (Wildman–Crippen MR) is 113 cm³/mol. The number of hydrogen-bond acceptors (Lipinski definition) is 5. The van der Waals surface area contributed by atoms with Gasteiger partial charge in [0.15, 0.2) is 6.61 Å². The molecule has 0 aliphatic carbocycles. The SMILES string of the molecule is CC(=O)Nc1ccccc1OCC(=O)N1CCN(S(=O)(=O)c2ccc(Cl)cc2)CC1. The largest absolute Gasteiger partial charge is 0.482 e. The minimum absolute atomic E-state index is 0.171. The van der Waals surface area contributed by atoms with Crippen molar-refractivity contribution in [2.24, 2.45) is 0 Å². The summed E-state index contributed by atoms with van der Waals surface area (Å²) in [5, 5.41) is 3.11. The molecule has 30 heavy (non-hydrogen) atoms. The van der Waals surface area contributed by atoms with Crippen LogP contribution < -0.4 is 10.1 Å². The van der Waals surface area contributed by atoms with Crippen molar-refractivity contribution in [1.29, 1.82) is 0 Å². The summed E-state index contributed by atoms with van der Waals surface area (Å²) in [5.74, 6) is -0.100. The minimum Gasteiger partial charge on any atom is -0.482 e. The third-order valence-corrected chi connectivity index (χ3v) is 6.76. The van der Waals surface area contributed by atoms with Gasteiger partial charge in [-0.05, 0) is 36.4 Å². The van der Waals surface area contributed by atoms with Crippen molar-refractivity contribution in [2.75, 3.05) is 38.1 Å². The molecule has 1 saturated heterocycles.